The molecule has 0 saturated heterocycles. The lowest BCUT2D eigenvalue weighted by atomic mass is 10.1. The van der Waals surface area contributed by atoms with Crippen LogP contribution in [0.1, 0.15) is 40.5 Å². The van der Waals surface area contributed by atoms with Crippen LogP contribution in [0.25, 0.3) is 0 Å². The van der Waals surface area contributed by atoms with Gasteiger partial charge in [-0.15, -0.1) is 0 Å². The Kier molecular flexibility index (Phi) is 7.38. The van der Waals surface area contributed by atoms with E-state index < -0.39 is 11.9 Å². The Hall–Kier alpha value is -1.88. The average molecular weight is 239 g/mol. The second kappa shape index (κ2) is 8.29. The first-order valence-corrected chi connectivity index (χ1v) is 5.30. The molecule has 0 fully saturated rings. The second-order valence-electron chi connectivity index (χ2n) is 3.30. The third-order valence-corrected chi connectivity index (χ3v) is 1.95. The molecule has 1 aromatic rings. The number of carboxylic acid groups (broad SMARTS) is 2. The van der Waals surface area contributed by atoms with Gasteiger partial charge in [-0.2, -0.15) is 0 Å². The van der Waals surface area contributed by atoms with Gasteiger partial charge in [-0.3, -0.25) is 0 Å². The summed E-state index contributed by atoms with van der Waals surface area (Å²) in [7, 11) is 0. The summed E-state index contributed by atoms with van der Waals surface area (Å²) in [5.41, 5.74) is 4.76. The van der Waals surface area contributed by atoms with Crippen molar-refractivity contribution in [3.05, 3.63) is 35.4 Å². The van der Waals surface area contributed by atoms with E-state index in [0.717, 1.165) is 6.54 Å². The van der Waals surface area contributed by atoms with Crippen LogP contribution < -0.4 is 5.73 Å². The van der Waals surface area contributed by atoms with E-state index in [0.29, 0.717) is 0 Å². The number of carbonyl (C=O) groups is 2. The minimum absolute atomic E-state index is 0.190. The summed E-state index contributed by atoms with van der Waals surface area (Å²) in [4.78, 5) is 20.9. The Morgan fingerprint density at radius 1 is 1.12 bits per heavy atom. The molecule has 5 nitrogen and oxygen atoms in total. The third kappa shape index (κ3) is 5.67. The van der Waals surface area contributed by atoms with Crippen LogP contribution in [0.3, 0.4) is 0 Å². The van der Waals surface area contributed by atoms with Gasteiger partial charge in [0.15, 0.2) is 0 Å². The fourth-order valence-electron chi connectivity index (χ4n) is 1.06. The Morgan fingerprint density at radius 3 is 1.71 bits per heavy atom. The van der Waals surface area contributed by atoms with Crippen molar-refractivity contribution in [3.8, 4) is 0 Å². The standard InChI is InChI=1S/C8H6O4.C4H11N/c9-7(10)5-3-1-2-4-6(5)8(11)12;1-2-3-4-5/h1-4H,(H,9,10)(H,11,12);2-5H2,1H3. The van der Waals surface area contributed by atoms with Gasteiger partial charge in [0.05, 0.1) is 11.1 Å². The lowest BCUT2D eigenvalue weighted by Crippen LogP contribution is -2.06. The van der Waals surface area contributed by atoms with E-state index >= 15 is 0 Å². The SMILES string of the molecule is CCCCN.O=C(O)c1ccccc1C(=O)O. The molecule has 1 rings (SSSR count). The largest absolute Gasteiger partial charge is 0.478 e. The van der Waals surface area contributed by atoms with Crippen molar-refractivity contribution in [1.82, 2.24) is 0 Å². The number of benzene rings is 1. The van der Waals surface area contributed by atoms with E-state index in [2.05, 4.69) is 6.92 Å². The summed E-state index contributed by atoms with van der Waals surface area (Å²) in [6.07, 6.45) is 2.39. The normalized spacial score (nSPS) is 9.06. The third-order valence-electron chi connectivity index (χ3n) is 1.95. The molecule has 1 aromatic carbocycles. The first-order chi connectivity index (χ1) is 8.04. The fraction of sp³-hybridized carbons (Fsp3) is 0.333. The van der Waals surface area contributed by atoms with Gasteiger partial charge >= 0.3 is 11.9 Å². The quantitative estimate of drug-likeness (QED) is 0.744. The minimum Gasteiger partial charge on any atom is -0.478 e. The molecule has 4 N–H and O–H groups in total. The van der Waals surface area contributed by atoms with Gasteiger partial charge < -0.3 is 15.9 Å². The molecule has 0 unspecified atom stereocenters. The van der Waals surface area contributed by atoms with E-state index in [-0.39, 0.29) is 11.1 Å². The van der Waals surface area contributed by atoms with E-state index in [9.17, 15) is 9.59 Å². The Balaban J connectivity index is 0.000000437. The zero-order valence-electron chi connectivity index (χ0n) is 9.72. The van der Waals surface area contributed by atoms with Crippen molar-refractivity contribution in [1.29, 1.82) is 0 Å². The zero-order valence-corrected chi connectivity index (χ0v) is 9.72. The highest BCUT2D eigenvalue weighted by atomic mass is 16.4. The number of hydrogen-bond donors (Lipinski definition) is 3. The molecule has 0 aliphatic rings. The van der Waals surface area contributed by atoms with E-state index in [1.165, 1.54) is 37.1 Å². The first kappa shape index (κ1) is 15.1. The summed E-state index contributed by atoms with van der Waals surface area (Å²) in [6, 6.07) is 5.48. The van der Waals surface area contributed by atoms with E-state index in [1.807, 2.05) is 0 Å². The number of unbranched alkanes of at least 4 members (excludes halogenated alkanes) is 1. The predicted molar refractivity (Wildman–Crippen MR) is 64.3 cm³/mol. The van der Waals surface area contributed by atoms with Crippen LogP contribution in [0, 0.1) is 0 Å². The number of rotatable bonds is 4. The Labute approximate surface area is 99.9 Å². The monoisotopic (exact) mass is 239 g/mol. The van der Waals surface area contributed by atoms with Crippen LogP contribution >= 0.6 is 0 Å². The number of aromatic carboxylic acids is 2. The molecule has 5 heteroatoms. The molecule has 0 amide bonds. The van der Waals surface area contributed by atoms with Gasteiger partial charge in [0.1, 0.15) is 0 Å². The van der Waals surface area contributed by atoms with Gasteiger partial charge in [0, 0.05) is 0 Å². The smallest absolute Gasteiger partial charge is 0.336 e. The molecule has 0 atom stereocenters. The topological polar surface area (TPSA) is 101 Å². The zero-order chi connectivity index (χ0) is 13.3. The maximum Gasteiger partial charge on any atom is 0.336 e. The maximum atomic E-state index is 10.5. The average Bonchev–Trinajstić information content (AvgIpc) is 2.30. The summed E-state index contributed by atoms with van der Waals surface area (Å²) < 4.78 is 0. The van der Waals surface area contributed by atoms with Crippen molar-refractivity contribution in [2.45, 2.75) is 19.8 Å². The molecule has 17 heavy (non-hydrogen) atoms. The molecule has 0 aliphatic heterocycles. The molecule has 0 aliphatic carbocycles. The molecular weight excluding hydrogens is 222 g/mol. The Bertz CT molecular complexity index is 342. The lowest BCUT2D eigenvalue weighted by Gasteiger charge is -1.98. The van der Waals surface area contributed by atoms with Gasteiger partial charge in [0.25, 0.3) is 0 Å². The van der Waals surface area contributed by atoms with Crippen LogP contribution in [-0.2, 0) is 0 Å². The molecule has 0 saturated carbocycles. The molecule has 0 spiro atoms. The van der Waals surface area contributed by atoms with Crippen molar-refractivity contribution in [2.75, 3.05) is 6.54 Å². The van der Waals surface area contributed by atoms with Crippen LogP contribution in [0.2, 0.25) is 0 Å². The summed E-state index contributed by atoms with van der Waals surface area (Å²) in [6.45, 7) is 2.98. The molecule has 0 radical (unpaired) electrons. The molecule has 0 aromatic heterocycles. The highest BCUT2D eigenvalue weighted by Gasteiger charge is 2.13. The van der Waals surface area contributed by atoms with Crippen molar-refractivity contribution >= 4 is 11.9 Å². The predicted octanol–water partition coefficient (Wildman–Crippen LogP) is 1.83. The van der Waals surface area contributed by atoms with Crippen molar-refractivity contribution in [2.24, 2.45) is 5.73 Å². The highest BCUT2D eigenvalue weighted by Crippen LogP contribution is 2.07. The molecule has 94 valence electrons. The van der Waals surface area contributed by atoms with Crippen LogP contribution in [-0.4, -0.2) is 28.7 Å². The van der Waals surface area contributed by atoms with Crippen LogP contribution in [0.4, 0.5) is 0 Å². The van der Waals surface area contributed by atoms with Gasteiger partial charge in [-0.25, -0.2) is 9.59 Å². The van der Waals surface area contributed by atoms with E-state index in [4.69, 9.17) is 15.9 Å². The first-order valence-electron chi connectivity index (χ1n) is 5.30. The lowest BCUT2D eigenvalue weighted by molar-refractivity contribution is 0.0651. The van der Waals surface area contributed by atoms with Crippen molar-refractivity contribution < 1.29 is 19.8 Å². The minimum atomic E-state index is -1.23. The number of hydrogen-bond acceptors (Lipinski definition) is 3. The van der Waals surface area contributed by atoms with E-state index in [1.54, 1.807) is 0 Å². The van der Waals surface area contributed by atoms with Crippen LogP contribution in [0.5, 0.6) is 0 Å². The second-order valence-corrected chi connectivity index (χ2v) is 3.30. The maximum absolute atomic E-state index is 10.5. The number of carboxylic acids is 2. The molecule has 0 bridgehead atoms. The van der Waals surface area contributed by atoms with Crippen LogP contribution in [0.15, 0.2) is 24.3 Å². The van der Waals surface area contributed by atoms with Gasteiger partial charge in [-0.05, 0) is 25.1 Å². The Morgan fingerprint density at radius 2 is 1.53 bits per heavy atom. The molecular formula is C12H17NO4. The summed E-state index contributed by atoms with van der Waals surface area (Å²) >= 11 is 0. The fourth-order valence-corrected chi connectivity index (χ4v) is 1.06. The van der Waals surface area contributed by atoms with Gasteiger partial charge in [-0.1, -0.05) is 25.5 Å². The van der Waals surface area contributed by atoms with Gasteiger partial charge in [0.2, 0.25) is 0 Å². The van der Waals surface area contributed by atoms with Crippen molar-refractivity contribution in [3.63, 3.8) is 0 Å². The summed E-state index contributed by atoms with van der Waals surface area (Å²) in [5.74, 6) is -2.46. The summed E-state index contributed by atoms with van der Waals surface area (Å²) in [5, 5.41) is 17.1. The number of nitrogens with two attached hydrogens (primary N) is 1. The molecule has 0 heterocycles. The highest BCUT2D eigenvalue weighted by molar-refractivity contribution is 6.01.